The van der Waals surface area contributed by atoms with Crippen LogP contribution >= 0.6 is 0 Å². The third kappa shape index (κ3) is 7.54. The predicted molar refractivity (Wildman–Crippen MR) is 127 cm³/mol. The summed E-state index contributed by atoms with van der Waals surface area (Å²) >= 11 is 0. The molecule has 0 saturated heterocycles. The fraction of sp³-hybridized carbons (Fsp3) is 0.360. The van der Waals surface area contributed by atoms with Crippen LogP contribution in [0.15, 0.2) is 54.7 Å². The van der Waals surface area contributed by atoms with Crippen LogP contribution < -0.4 is 20.1 Å². The van der Waals surface area contributed by atoms with Crippen molar-refractivity contribution in [1.82, 2.24) is 9.97 Å². The molecule has 9 heteroatoms. The van der Waals surface area contributed by atoms with E-state index in [2.05, 4.69) is 27.5 Å². The maximum absolute atomic E-state index is 13.6. The zero-order chi connectivity index (χ0) is 24.8. The summed E-state index contributed by atoms with van der Waals surface area (Å²) in [6.07, 6.45) is -1.87. The molecule has 0 aliphatic heterocycles. The lowest BCUT2D eigenvalue weighted by molar-refractivity contribution is -0.137. The highest BCUT2D eigenvalue weighted by atomic mass is 19.4. The smallest absolute Gasteiger partial charge is 0.421 e. The number of hydrogen-bond acceptors (Lipinski definition) is 6. The molecule has 0 aliphatic rings. The van der Waals surface area contributed by atoms with Gasteiger partial charge in [0.25, 0.3) is 0 Å². The largest absolute Gasteiger partial charge is 0.494 e. The first-order chi connectivity index (χ1) is 16.0. The lowest BCUT2D eigenvalue weighted by Crippen LogP contribution is -2.22. The van der Waals surface area contributed by atoms with Crippen molar-refractivity contribution in [3.63, 3.8) is 0 Å². The number of benzene rings is 2. The molecule has 0 unspecified atom stereocenters. The summed E-state index contributed by atoms with van der Waals surface area (Å²) in [6, 6.07) is 13.8. The number of hydrogen-bond donors (Lipinski definition) is 2. The van der Waals surface area contributed by atoms with Gasteiger partial charge in [0.2, 0.25) is 5.95 Å². The molecule has 1 aromatic heterocycles. The topological polar surface area (TPSA) is 68.3 Å². The minimum Gasteiger partial charge on any atom is -0.494 e. The van der Waals surface area contributed by atoms with Crippen molar-refractivity contribution in [2.24, 2.45) is 0 Å². The van der Waals surface area contributed by atoms with Gasteiger partial charge in [0.15, 0.2) is 0 Å². The first kappa shape index (κ1) is 25.1. The summed E-state index contributed by atoms with van der Waals surface area (Å²) in [5, 5.41) is 5.69. The monoisotopic (exact) mass is 474 g/mol. The molecule has 0 radical (unpaired) electrons. The number of ether oxygens (including phenoxy) is 2. The highest BCUT2D eigenvalue weighted by molar-refractivity contribution is 5.64. The van der Waals surface area contributed by atoms with Crippen molar-refractivity contribution in [2.75, 3.05) is 17.2 Å². The standard InChI is InChI=1S/C25H29F3N4O2/c1-5-6-14-33-19-12-10-17(11-13-19)31-23-29-16-21(25(26,27)28)22(32-23)30-18-8-7-9-20(15-18)34-24(2,3)4/h7-13,15-16H,5-6,14H2,1-4H3,(H2,29,30,31,32). The third-order valence-corrected chi connectivity index (χ3v) is 4.49. The van der Waals surface area contributed by atoms with Crippen LogP contribution in [0.1, 0.15) is 46.1 Å². The zero-order valence-corrected chi connectivity index (χ0v) is 19.7. The van der Waals surface area contributed by atoms with Crippen LogP contribution in [0.4, 0.5) is 36.3 Å². The maximum Gasteiger partial charge on any atom is 0.421 e. The Labute approximate surface area is 197 Å². The van der Waals surface area contributed by atoms with Gasteiger partial charge in [-0.05, 0) is 63.6 Å². The van der Waals surface area contributed by atoms with Crippen LogP contribution in [0.2, 0.25) is 0 Å². The van der Waals surface area contributed by atoms with Crippen LogP contribution in [0, 0.1) is 0 Å². The Morgan fingerprint density at radius 3 is 2.29 bits per heavy atom. The van der Waals surface area contributed by atoms with E-state index in [-0.39, 0.29) is 11.8 Å². The van der Waals surface area contributed by atoms with Crippen molar-refractivity contribution in [2.45, 2.75) is 52.3 Å². The molecular weight excluding hydrogens is 445 g/mol. The van der Waals surface area contributed by atoms with E-state index in [1.807, 2.05) is 20.8 Å². The Morgan fingerprint density at radius 2 is 1.65 bits per heavy atom. The summed E-state index contributed by atoms with van der Waals surface area (Å²) in [6.45, 7) is 8.38. The Bertz CT molecular complexity index is 1080. The number of unbranched alkanes of at least 4 members (excludes halogenated alkanes) is 1. The van der Waals surface area contributed by atoms with Crippen LogP contribution in [-0.2, 0) is 6.18 Å². The van der Waals surface area contributed by atoms with E-state index in [1.54, 1.807) is 48.5 Å². The molecule has 0 spiro atoms. The van der Waals surface area contributed by atoms with Crippen molar-refractivity contribution in [3.8, 4) is 11.5 Å². The van der Waals surface area contributed by atoms with E-state index in [1.165, 1.54) is 0 Å². The Morgan fingerprint density at radius 1 is 0.912 bits per heavy atom. The highest BCUT2D eigenvalue weighted by Gasteiger charge is 2.35. The predicted octanol–water partition coefficient (Wildman–Crippen LogP) is 7.34. The molecule has 34 heavy (non-hydrogen) atoms. The second-order valence-electron chi connectivity index (χ2n) is 8.67. The fourth-order valence-electron chi connectivity index (χ4n) is 2.97. The van der Waals surface area contributed by atoms with Crippen molar-refractivity contribution in [1.29, 1.82) is 0 Å². The van der Waals surface area contributed by atoms with Gasteiger partial charge in [0.05, 0.1) is 6.61 Å². The number of alkyl halides is 3. The number of nitrogens with one attached hydrogen (secondary N) is 2. The molecule has 182 valence electrons. The second-order valence-corrected chi connectivity index (χ2v) is 8.67. The molecule has 2 aromatic carbocycles. The first-order valence-electron chi connectivity index (χ1n) is 11.0. The maximum atomic E-state index is 13.6. The van der Waals surface area contributed by atoms with Gasteiger partial charge in [-0.15, -0.1) is 0 Å². The molecule has 3 aromatic rings. The normalized spacial score (nSPS) is 11.7. The summed E-state index contributed by atoms with van der Waals surface area (Å²) in [4.78, 5) is 7.95. The lowest BCUT2D eigenvalue weighted by Gasteiger charge is -2.22. The molecular formula is C25H29F3N4O2. The summed E-state index contributed by atoms with van der Waals surface area (Å²) in [5.74, 6) is 0.904. The van der Waals surface area contributed by atoms with Gasteiger partial charge in [0.1, 0.15) is 28.5 Å². The van der Waals surface area contributed by atoms with Crippen molar-refractivity contribution < 1.29 is 22.6 Å². The molecule has 0 atom stereocenters. The fourth-order valence-corrected chi connectivity index (χ4v) is 2.97. The van der Waals surface area contributed by atoms with E-state index in [0.717, 1.165) is 19.0 Å². The molecule has 1 heterocycles. The van der Waals surface area contributed by atoms with Crippen molar-refractivity contribution >= 4 is 23.1 Å². The van der Waals surface area contributed by atoms with Gasteiger partial charge in [-0.1, -0.05) is 19.4 Å². The van der Waals surface area contributed by atoms with E-state index < -0.39 is 17.3 Å². The quantitative estimate of drug-likeness (QED) is 0.316. The summed E-state index contributed by atoms with van der Waals surface area (Å²) < 4.78 is 52.2. The van der Waals surface area contributed by atoms with Gasteiger partial charge in [-0.2, -0.15) is 18.2 Å². The third-order valence-electron chi connectivity index (χ3n) is 4.49. The molecule has 0 saturated carbocycles. The summed E-state index contributed by atoms with van der Waals surface area (Å²) in [7, 11) is 0. The Balaban J connectivity index is 1.81. The molecule has 0 bridgehead atoms. The van der Waals surface area contributed by atoms with Gasteiger partial charge in [-0.3, -0.25) is 0 Å². The molecule has 0 aliphatic carbocycles. The van der Waals surface area contributed by atoms with Gasteiger partial charge in [0, 0.05) is 23.6 Å². The van der Waals surface area contributed by atoms with E-state index in [0.29, 0.717) is 29.5 Å². The van der Waals surface area contributed by atoms with Crippen molar-refractivity contribution in [3.05, 3.63) is 60.3 Å². The number of rotatable bonds is 9. The summed E-state index contributed by atoms with van der Waals surface area (Å²) in [5.41, 5.74) is -0.391. The molecule has 0 fully saturated rings. The SMILES string of the molecule is CCCCOc1ccc(Nc2ncc(C(F)(F)F)c(Nc3cccc(OC(C)(C)C)c3)n2)cc1. The first-order valence-corrected chi connectivity index (χ1v) is 11.0. The minimum atomic E-state index is -4.63. The van der Waals surface area contributed by atoms with E-state index >= 15 is 0 Å². The molecule has 0 amide bonds. The molecule has 6 nitrogen and oxygen atoms in total. The second kappa shape index (κ2) is 10.6. The van der Waals surface area contributed by atoms with Gasteiger partial charge >= 0.3 is 6.18 Å². The van der Waals surface area contributed by atoms with Crippen LogP contribution in [0.3, 0.4) is 0 Å². The van der Waals surface area contributed by atoms with E-state index in [4.69, 9.17) is 9.47 Å². The van der Waals surface area contributed by atoms with E-state index in [9.17, 15) is 13.2 Å². The average Bonchev–Trinajstić information content (AvgIpc) is 2.73. The number of halogens is 3. The Kier molecular flexibility index (Phi) is 7.86. The number of anilines is 4. The molecule has 3 rings (SSSR count). The van der Waals surface area contributed by atoms with Gasteiger partial charge in [-0.25, -0.2) is 4.98 Å². The average molecular weight is 475 g/mol. The number of nitrogens with zero attached hydrogens (tertiary/aromatic N) is 2. The van der Waals surface area contributed by atoms with Gasteiger partial charge < -0.3 is 20.1 Å². The van der Waals surface area contributed by atoms with Crippen LogP contribution in [0.5, 0.6) is 11.5 Å². The van der Waals surface area contributed by atoms with Crippen LogP contribution in [0.25, 0.3) is 0 Å². The zero-order valence-electron chi connectivity index (χ0n) is 19.7. The number of aromatic nitrogens is 2. The molecule has 2 N–H and O–H groups in total. The Hall–Kier alpha value is -3.49. The minimum absolute atomic E-state index is 0.0252. The lowest BCUT2D eigenvalue weighted by atomic mass is 10.2. The highest BCUT2D eigenvalue weighted by Crippen LogP contribution is 2.36. The van der Waals surface area contributed by atoms with Crippen LogP contribution in [-0.4, -0.2) is 22.2 Å².